The maximum absolute atomic E-state index is 11.7. The summed E-state index contributed by atoms with van der Waals surface area (Å²) >= 11 is 0. The third kappa shape index (κ3) is 5.01. The number of hydrogen-bond acceptors (Lipinski definition) is 7. The Morgan fingerprint density at radius 1 is 1.11 bits per heavy atom. The molecule has 0 bridgehead atoms. The van der Waals surface area contributed by atoms with Crippen molar-refractivity contribution >= 4 is 35.0 Å². The Morgan fingerprint density at radius 3 is 2.64 bits per heavy atom. The van der Waals surface area contributed by atoms with Gasteiger partial charge < -0.3 is 21.7 Å². The van der Waals surface area contributed by atoms with Gasteiger partial charge >= 0.3 is 0 Å². The topological polar surface area (TPSA) is 135 Å². The lowest BCUT2D eigenvalue weighted by molar-refractivity contribution is -0.114. The fourth-order valence-electron chi connectivity index (χ4n) is 2.45. The summed E-state index contributed by atoms with van der Waals surface area (Å²) in [6.07, 6.45) is 4.76. The van der Waals surface area contributed by atoms with Crippen LogP contribution in [0.3, 0.4) is 0 Å². The van der Waals surface area contributed by atoms with Crippen molar-refractivity contribution in [1.82, 2.24) is 15.0 Å². The molecule has 9 nitrogen and oxygen atoms in total. The number of nitrogens with two attached hydrogens (primary N) is 1. The third-order valence-corrected chi connectivity index (χ3v) is 3.68. The highest BCUT2D eigenvalue weighted by atomic mass is 16.1. The summed E-state index contributed by atoms with van der Waals surface area (Å²) < 4.78 is 0. The summed E-state index contributed by atoms with van der Waals surface area (Å²) in [5.74, 6) is -0.209. The highest BCUT2D eigenvalue weighted by molar-refractivity contribution is 5.97. The van der Waals surface area contributed by atoms with Crippen molar-refractivity contribution in [2.24, 2.45) is 5.73 Å². The first-order valence-corrected chi connectivity index (χ1v) is 8.45. The highest BCUT2D eigenvalue weighted by Crippen LogP contribution is 2.20. The van der Waals surface area contributed by atoms with Crippen molar-refractivity contribution in [3.63, 3.8) is 0 Å². The average molecular weight is 377 g/mol. The second-order valence-corrected chi connectivity index (χ2v) is 5.92. The molecule has 0 radical (unpaired) electrons. The number of nitrogens with zero attached hydrogens (tertiary/aromatic N) is 3. The first-order valence-electron chi connectivity index (χ1n) is 8.45. The SMILES string of the molecule is CC(=O)Nc1cccc(Nc2ncc(C(N)=O)c(NCc3cccnc3)n2)c1. The number of nitrogens with one attached hydrogen (secondary N) is 3. The minimum absolute atomic E-state index is 0.166. The van der Waals surface area contributed by atoms with E-state index in [1.807, 2.05) is 12.1 Å². The van der Waals surface area contributed by atoms with E-state index in [4.69, 9.17) is 5.73 Å². The number of benzene rings is 1. The molecule has 2 heterocycles. The maximum Gasteiger partial charge on any atom is 0.254 e. The van der Waals surface area contributed by atoms with Gasteiger partial charge in [0.25, 0.3) is 5.91 Å². The summed E-state index contributed by atoms with van der Waals surface area (Å²) in [6.45, 7) is 1.86. The van der Waals surface area contributed by atoms with E-state index in [0.29, 0.717) is 23.7 Å². The van der Waals surface area contributed by atoms with Crippen LogP contribution in [0, 0.1) is 0 Å². The van der Waals surface area contributed by atoms with E-state index in [-0.39, 0.29) is 17.4 Å². The molecule has 0 saturated carbocycles. The van der Waals surface area contributed by atoms with Crippen LogP contribution in [0.4, 0.5) is 23.1 Å². The molecule has 0 aliphatic rings. The van der Waals surface area contributed by atoms with Gasteiger partial charge in [-0.15, -0.1) is 0 Å². The fourth-order valence-corrected chi connectivity index (χ4v) is 2.45. The summed E-state index contributed by atoms with van der Waals surface area (Å²) in [7, 11) is 0. The minimum Gasteiger partial charge on any atom is -0.365 e. The zero-order valence-electron chi connectivity index (χ0n) is 15.1. The van der Waals surface area contributed by atoms with Crippen LogP contribution in [0.25, 0.3) is 0 Å². The van der Waals surface area contributed by atoms with Gasteiger partial charge in [0.1, 0.15) is 5.82 Å². The first kappa shape index (κ1) is 18.8. The van der Waals surface area contributed by atoms with Gasteiger partial charge in [0.05, 0.1) is 5.56 Å². The van der Waals surface area contributed by atoms with E-state index < -0.39 is 5.91 Å². The number of rotatable bonds is 7. The molecular formula is C19H19N7O2. The quantitative estimate of drug-likeness (QED) is 0.496. The lowest BCUT2D eigenvalue weighted by atomic mass is 10.2. The second kappa shape index (κ2) is 8.58. The number of amides is 2. The Hall–Kier alpha value is -4.01. The minimum atomic E-state index is -0.632. The van der Waals surface area contributed by atoms with Gasteiger partial charge in [-0.2, -0.15) is 4.98 Å². The Morgan fingerprint density at radius 2 is 1.93 bits per heavy atom. The van der Waals surface area contributed by atoms with Gasteiger partial charge in [0.2, 0.25) is 11.9 Å². The van der Waals surface area contributed by atoms with Crippen LogP contribution >= 0.6 is 0 Å². The summed E-state index contributed by atoms with van der Waals surface area (Å²) in [4.78, 5) is 35.4. The Bertz CT molecular complexity index is 993. The number of hydrogen-bond donors (Lipinski definition) is 4. The molecule has 2 amide bonds. The molecule has 9 heteroatoms. The van der Waals surface area contributed by atoms with Crippen molar-refractivity contribution in [2.75, 3.05) is 16.0 Å². The normalized spacial score (nSPS) is 10.2. The van der Waals surface area contributed by atoms with Crippen molar-refractivity contribution in [1.29, 1.82) is 0 Å². The zero-order chi connectivity index (χ0) is 19.9. The Balaban J connectivity index is 1.80. The lowest BCUT2D eigenvalue weighted by Gasteiger charge is -2.12. The molecule has 3 rings (SSSR count). The molecule has 5 N–H and O–H groups in total. The summed E-state index contributed by atoms with van der Waals surface area (Å²) in [5.41, 5.74) is 7.84. The molecule has 0 aliphatic carbocycles. The molecule has 0 atom stereocenters. The molecule has 0 spiro atoms. The molecule has 0 unspecified atom stereocenters. The number of primary amides is 1. The predicted molar refractivity (Wildman–Crippen MR) is 106 cm³/mol. The number of aromatic nitrogens is 3. The van der Waals surface area contributed by atoms with Crippen LogP contribution in [0.15, 0.2) is 55.0 Å². The van der Waals surface area contributed by atoms with Crippen LogP contribution in [0.2, 0.25) is 0 Å². The van der Waals surface area contributed by atoms with E-state index >= 15 is 0 Å². The number of carbonyl (C=O) groups is 2. The Labute approximate surface area is 161 Å². The molecule has 28 heavy (non-hydrogen) atoms. The molecule has 1 aromatic carbocycles. The van der Waals surface area contributed by atoms with Gasteiger partial charge in [-0.25, -0.2) is 4.98 Å². The van der Waals surface area contributed by atoms with Crippen LogP contribution < -0.4 is 21.7 Å². The van der Waals surface area contributed by atoms with E-state index in [2.05, 4.69) is 30.9 Å². The molecule has 0 fully saturated rings. The molecular weight excluding hydrogens is 358 g/mol. The zero-order valence-corrected chi connectivity index (χ0v) is 15.1. The van der Waals surface area contributed by atoms with Gasteiger partial charge in [-0.05, 0) is 29.8 Å². The smallest absolute Gasteiger partial charge is 0.254 e. The molecule has 0 aliphatic heterocycles. The number of carbonyl (C=O) groups excluding carboxylic acids is 2. The average Bonchev–Trinajstić information content (AvgIpc) is 2.67. The van der Waals surface area contributed by atoms with Gasteiger partial charge in [0, 0.05) is 43.4 Å². The standard InChI is InChI=1S/C19H19N7O2/c1-12(27)24-14-5-2-6-15(8-14)25-19-23-11-16(17(20)28)18(26-19)22-10-13-4-3-7-21-9-13/h2-9,11H,10H2,1H3,(H2,20,28)(H,24,27)(H2,22,23,25,26). The van der Waals surface area contributed by atoms with Crippen molar-refractivity contribution in [3.05, 3.63) is 66.1 Å². The van der Waals surface area contributed by atoms with Gasteiger partial charge in [-0.1, -0.05) is 12.1 Å². The molecule has 0 saturated heterocycles. The molecule has 3 aromatic rings. The third-order valence-electron chi connectivity index (χ3n) is 3.68. The largest absolute Gasteiger partial charge is 0.365 e. The predicted octanol–water partition coefficient (Wildman–Crippen LogP) is 2.28. The van der Waals surface area contributed by atoms with E-state index in [1.165, 1.54) is 13.1 Å². The monoisotopic (exact) mass is 377 g/mol. The van der Waals surface area contributed by atoms with Crippen LogP contribution in [0.5, 0.6) is 0 Å². The summed E-state index contributed by atoms with van der Waals surface area (Å²) in [5, 5.41) is 8.84. The van der Waals surface area contributed by atoms with Gasteiger partial charge in [-0.3, -0.25) is 14.6 Å². The van der Waals surface area contributed by atoms with Crippen LogP contribution in [-0.2, 0) is 11.3 Å². The van der Waals surface area contributed by atoms with Crippen LogP contribution in [0.1, 0.15) is 22.8 Å². The van der Waals surface area contributed by atoms with E-state index in [1.54, 1.807) is 36.7 Å². The molecule has 142 valence electrons. The maximum atomic E-state index is 11.7. The second-order valence-electron chi connectivity index (χ2n) is 5.92. The van der Waals surface area contributed by atoms with Crippen molar-refractivity contribution < 1.29 is 9.59 Å². The summed E-state index contributed by atoms with van der Waals surface area (Å²) in [6, 6.07) is 10.8. The first-order chi connectivity index (χ1) is 13.5. The molecule has 2 aromatic heterocycles. The number of pyridine rings is 1. The van der Waals surface area contributed by atoms with Gasteiger partial charge in [0.15, 0.2) is 0 Å². The fraction of sp³-hybridized carbons (Fsp3) is 0.105. The van der Waals surface area contributed by atoms with Crippen LogP contribution in [-0.4, -0.2) is 26.8 Å². The highest BCUT2D eigenvalue weighted by Gasteiger charge is 2.12. The van der Waals surface area contributed by atoms with Crippen molar-refractivity contribution in [3.8, 4) is 0 Å². The Kier molecular flexibility index (Phi) is 5.75. The lowest BCUT2D eigenvalue weighted by Crippen LogP contribution is -2.17. The van der Waals surface area contributed by atoms with E-state index in [0.717, 1.165) is 5.56 Å². The van der Waals surface area contributed by atoms with E-state index in [9.17, 15) is 9.59 Å². The number of anilines is 4. The van der Waals surface area contributed by atoms with Crippen molar-refractivity contribution in [2.45, 2.75) is 13.5 Å².